The molecule has 128 valence electrons. The van der Waals surface area contributed by atoms with E-state index in [0.717, 1.165) is 29.9 Å². The van der Waals surface area contributed by atoms with Gasteiger partial charge in [0, 0.05) is 28.7 Å². The van der Waals surface area contributed by atoms with Gasteiger partial charge in [-0.15, -0.1) is 11.3 Å². The standard InChI is InChI=1S/C18H21ClN2O2S/c1-13-6-7-14(10-17(13)19)20-18(22)21(11-15-4-2-8-23-15)12-16-5-3-9-24-16/h3,5-7,9-10,15H,2,4,8,11-12H2,1H3,(H,20,22). The molecule has 0 radical (unpaired) electrons. The van der Waals surface area contributed by atoms with Crippen molar-refractivity contribution in [3.8, 4) is 0 Å². The molecule has 3 rings (SSSR count). The number of nitrogens with zero attached hydrogens (tertiary/aromatic N) is 1. The summed E-state index contributed by atoms with van der Waals surface area (Å²) in [6, 6.07) is 9.48. The third-order valence-electron chi connectivity index (χ3n) is 4.09. The number of nitrogens with one attached hydrogen (secondary N) is 1. The molecular weight excluding hydrogens is 344 g/mol. The Bertz CT molecular complexity index is 684. The predicted molar refractivity (Wildman–Crippen MR) is 98.9 cm³/mol. The monoisotopic (exact) mass is 364 g/mol. The molecule has 1 atom stereocenters. The first-order valence-electron chi connectivity index (χ1n) is 8.08. The zero-order valence-corrected chi connectivity index (χ0v) is 15.2. The van der Waals surface area contributed by atoms with Gasteiger partial charge in [-0.3, -0.25) is 0 Å². The maximum absolute atomic E-state index is 12.7. The number of benzene rings is 1. The van der Waals surface area contributed by atoms with E-state index in [-0.39, 0.29) is 12.1 Å². The van der Waals surface area contributed by atoms with Crippen LogP contribution in [0.2, 0.25) is 5.02 Å². The van der Waals surface area contributed by atoms with E-state index in [9.17, 15) is 4.79 Å². The second-order valence-electron chi connectivity index (χ2n) is 5.99. The predicted octanol–water partition coefficient (Wildman–Crippen LogP) is 4.92. The van der Waals surface area contributed by atoms with E-state index in [1.165, 1.54) is 0 Å². The van der Waals surface area contributed by atoms with E-state index >= 15 is 0 Å². The minimum absolute atomic E-state index is 0.123. The van der Waals surface area contributed by atoms with Crippen molar-refractivity contribution in [3.63, 3.8) is 0 Å². The smallest absolute Gasteiger partial charge is 0.322 e. The summed E-state index contributed by atoms with van der Waals surface area (Å²) in [5, 5.41) is 5.62. The molecule has 1 aliphatic heterocycles. The Hall–Kier alpha value is -1.56. The highest BCUT2D eigenvalue weighted by molar-refractivity contribution is 7.09. The van der Waals surface area contributed by atoms with Crippen LogP contribution in [0.1, 0.15) is 23.3 Å². The first-order chi connectivity index (χ1) is 11.6. The number of amides is 2. The number of carbonyl (C=O) groups excluding carboxylic acids is 1. The summed E-state index contributed by atoms with van der Waals surface area (Å²) in [7, 11) is 0. The van der Waals surface area contributed by atoms with Crippen molar-refractivity contribution in [3.05, 3.63) is 51.2 Å². The third kappa shape index (κ3) is 4.50. The van der Waals surface area contributed by atoms with Crippen molar-refractivity contribution in [2.75, 3.05) is 18.5 Å². The van der Waals surface area contributed by atoms with Crippen molar-refractivity contribution < 1.29 is 9.53 Å². The van der Waals surface area contributed by atoms with Crippen LogP contribution < -0.4 is 5.32 Å². The molecule has 24 heavy (non-hydrogen) atoms. The molecule has 1 fully saturated rings. The van der Waals surface area contributed by atoms with Crippen molar-refractivity contribution in [2.45, 2.75) is 32.4 Å². The molecule has 1 saturated heterocycles. The largest absolute Gasteiger partial charge is 0.376 e. The van der Waals surface area contributed by atoms with Crippen LogP contribution in [-0.2, 0) is 11.3 Å². The van der Waals surface area contributed by atoms with Gasteiger partial charge in [-0.25, -0.2) is 4.79 Å². The fourth-order valence-corrected chi connectivity index (χ4v) is 3.62. The first-order valence-corrected chi connectivity index (χ1v) is 9.33. The average Bonchev–Trinajstić information content (AvgIpc) is 3.24. The Morgan fingerprint density at radius 2 is 2.33 bits per heavy atom. The number of anilines is 1. The van der Waals surface area contributed by atoms with E-state index < -0.39 is 0 Å². The van der Waals surface area contributed by atoms with E-state index in [0.29, 0.717) is 23.8 Å². The van der Waals surface area contributed by atoms with E-state index in [2.05, 4.69) is 5.32 Å². The van der Waals surface area contributed by atoms with E-state index in [4.69, 9.17) is 16.3 Å². The number of rotatable bonds is 5. The second-order valence-corrected chi connectivity index (χ2v) is 7.43. The van der Waals surface area contributed by atoms with Gasteiger partial charge in [-0.2, -0.15) is 0 Å². The molecule has 4 nitrogen and oxygen atoms in total. The van der Waals surface area contributed by atoms with Crippen LogP contribution in [0.4, 0.5) is 10.5 Å². The van der Waals surface area contributed by atoms with Gasteiger partial charge in [0.05, 0.1) is 12.6 Å². The molecule has 0 saturated carbocycles. The van der Waals surface area contributed by atoms with E-state index in [1.807, 2.05) is 41.5 Å². The maximum atomic E-state index is 12.7. The van der Waals surface area contributed by atoms with Crippen LogP contribution in [-0.4, -0.2) is 30.2 Å². The van der Waals surface area contributed by atoms with Crippen molar-refractivity contribution in [1.29, 1.82) is 0 Å². The zero-order valence-electron chi connectivity index (χ0n) is 13.6. The summed E-state index contributed by atoms with van der Waals surface area (Å²) in [4.78, 5) is 15.7. The lowest BCUT2D eigenvalue weighted by Crippen LogP contribution is -2.39. The summed E-state index contributed by atoms with van der Waals surface area (Å²) in [5.41, 5.74) is 1.70. The number of carbonyl (C=O) groups is 1. The summed E-state index contributed by atoms with van der Waals surface area (Å²) >= 11 is 7.80. The lowest BCUT2D eigenvalue weighted by atomic mass is 10.2. The SMILES string of the molecule is Cc1ccc(NC(=O)N(Cc2cccs2)CC2CCCO2)cc1Cl. The molecule has 0 spiro atoms. The summed E-state index contributed by atoms with van der Waals surface area (Å²) in [6.45, 7) is 3.91. The molecule has 2 amide bonds. The van der Waals surface area contributed by atoms with Crippen LogP contribution in [0.15, 0.2) is 35.7 Å². The molecule has 2 aromatic rings. The second kappa shape index (κ2) is 8.01. The van der Waals surface area contributed by atoms with Gasteiger partial charge in [0.1, 0.15) is 0 Å². The van der Waals surface area contributed by atoms with Crippen LogP contribution in [0.25, 0.3) is 0 Å². The molecule has 1 unspecified atom stereocenters. The Morgan fingerprint density at radius 1 is 1.46 bits per heavy atom. The van der Waals surface area contributed by atoms with Crippen molar-refractivity contribution in [1.82, 2.24) is 4.90 Å². The lowest BCUT2D eigenvalue weighted by Gasteiger charge is -2.25. The highest BCUT2D eigenvalue weighted by Gasteiger charge is 2.23. The van der Waals surface area contributed by atoms with Crippen molar-refractivity contribution in [2.24, 2.45) is 0 Å². The Kier molecular flexibility index (Phi) is 5.76. The van der Waals surface area contributed by atoms with Gasteiger partial charge in [0.15, 0.2) is 0 Å². The molecule has 1 aromatic heterocycles. The van der Waals surface area contributed by atoms with Crippen molar-refractivity contribution >= 4 is 34.7 Å². The van der Waals surface area contributed by atoms with Crippen LogP contribution in [0.5, 0.6) is 0 Å². The van der Waals surface area contributed by atoms with Gasteiger partial charge in [0.2, 0.25) is 0 Å². The Morgan fingerprint density at radius 3 is 3.00 bits per heavy atom. The molecule has 0 aliphatic carbocycles. The van der Waals surface area contributed by atoms with Gasteiger partial charge >= 0.3 is 6.03 Å². The Labute approximate surface area is 151 Å². The van der Waals surface area contributed by atoms with Gasteiger partial charge in [-0.05, 0) is 48.9 Å². The van der Waals surface area contributed by atoms with Crippen LogP contribution in [0.3, 0.4) is 0 Å². The number of thiophene rings is 1. The number of hydrogen-bond acceptors (Lipinski definition) is 3. The van der Waals surface area contributed by atoms with Gasteiger partial charge in [0.25, 0.3) is 0 Å². The molecule has 0 bridgehead atoms. The molecule has 1 aliphatic rings. The fourth-order valence-electron chi connectivity index (χ4n) is 2.72. The third-order valence-corrected chi connectivity index (χ3v) is 5.35. The fraction of sp³-hybridized carbons (Fsp3) is 0.389. The normalized spacial score (nSPS) is 17.0. The number of ether oxygens (including phenoxy) is 1. The average molecular weight is 365 g/mol. The van der Waals surface area contributed by atoms with Crippen LogP contribution >= 0.6 is 22.9 Å². The molecule has 1 N–H and O–H groups in total. The van der Waals surface area contributed by atoms with Gasteiger partial charge < -0.3 is 15.0 Å². The highest BCUT2D eigenvalue weighted by Crippen LogP contribution is 2.22. The topological polar surface area (TPSA) is 41.6 Å². The highest BCUT2D eigenvalue weighted by atomic mass is 35.5. The quantitative estimate of drug-likeness (QED) is 0.817. The minimum Gasteiger partial charge on any atom is -0.376 e. The molecule has 6 heteroatoms. The Balaban J connectivity index is 1.70. The van der Waals surface area contributed by atoms with Gasteiger partial charge in [-0.1, -0.05) is 23.7 Å². The lowest BCUT2D eigenvalue weighted by molar-refractivity contribution is 0.0821. The number of hydrogen-bond donors (Lipinski definition) is 1. The molecular formula is C18H21ClN2O2S. The molecule has 1 aromatic carbocycles. The first kappa shape index (κ1) is 17.3. The maximum Gasteiger partial charge on any atom is 0.322 e. The number of urea groups is 1. The number of halogens is 1. The summed E-state index contributed by atoms with van der Waals surface area (Å²) in [6.07, 6.45) is 2.19. The zero-order chi connectivity index (χ0) is 16.9. The molecule has 2 heterocycles. The number of aryl methyl sites for hydroxylation is 1. The minimum atomic E-state index is -0.126. The summed E-state index contributed by atoms with van der Waals surface area (Å²) in [5.74, 6) is 0. The van der Waals surface area contributed by atoms with E-state index in [1.54, 1.807) is 17.4 Å². The van der Waals surface area contributed by atoms with Crippen LogP contribution in [0, 0.1) is 6.92 Å². The summed E-state index contributed by atoms with van der Waals surface area (Å²) < 4.78 is 5.70.